The number of ether oxygens (including phenoxy) is 1. The Bertz CT molecular complexity index is 474. The molecule has 1 N–H and O–H groups in total. The highest BCUT2D eigenvalue weighted by Crippen LogP contribution is 2.03. The summed E-state index contributed by atoms with van der Waals surface area (Å²) in [7, 11) is 1.31. The van der Waals surface area contributed by atoms with Crippen molar-refractivity contribution in [3.63, 3.8) is 0 Å². The van der Waals surface area contributed by atoms with Gasteiger partial charge in [0.25, 0.3) is 0 Å². The fraction of sp³-hybridized carbons (Fsp3) is 0.467. The molecule has 0 heterocycles. The van der Waals surface area contributed by atoms with Crippen LogP contribution in [0.1, 0.15) is 19.4 Å². The third-order valence-electron chi connectivity index (χ3n) is 3.04. The number of hydrogen-bond acceptors (Lipinski definition) is 4. The molecule has 1 rings (SSSR count). The van der Waals surface area contributed by atoms with Crippen molar-refractivity contribution in [1.82, 2.24) is 10.2 Å². The number of amides is 1. The van der Waals surface area contributed by atoms with Gasteiger partial charge in [-0.15, -0.1) is 0 Å². The van der Waals surface area contributed by atoms with E-state index in [0.717, 1.165) is 5.56 Å². The van der Waals surface area contributed by atoms with E-state index in [9.17, 15) is 14.0 Å². The molecule has 0 aliphatic carbocycles. The van der Waals surface area contributed by atoms with E-state index in [1.165, 1.54) is 19.2 Å². The van der Waals surface area contributed by atoms with Crippen LogP contribution in [0.2, 0.25) is 0 Å². The van der Waals surface area contributed by atoms with Crippen molar-refractivity contribution < 1.29 is 18.7 Å². The highest BCUT2D eigenvalue weighted by atomic mass is 19.1. The number of nitrogens with zero attached hydrogens (tertiary/aromatic N) is 1. The van der Waals surface area contributed by atoms with Crippen molar-refractivity contribution in [2.45, 2.75) is 26.4 Å². The van der Waals surface area contributed by atoms with E-state index in [4.69, 9.17) is 0 Å². The molecule has 0 aliphatic heterocycles. The third-order valence-corrected chi connectivity index (χ3v) is 3.04. The Hall–Kier alpha value is -1.95. The lowest BCUT2D eigenvalue weighted by molar-refractivity contribution is -0.142. The topological polar surface area (TPSA) is 58.6 Å². The van der Waals surface area contributed by atoms with Crippen LogP contribution < -0.4 is 5.32 Å². The fourth-order valence-corrected chi connectivity index (χ4v) is 1.69. The molecule has 21 heavy (non-hydrogen) atoms. The zero-order valence-electron chi connectivity index (χ0n) is 12.6. The van der Waals surface area contributed by atoms with Crippen molar-refractivity contribution in [3.8, 4) is 0 Å². The summed E-state index contributed by atoms with van der Waals surface area (Å²) in [5.74, 6) is -0.888. The molecule has 0 saturated carbocycles. The van der Waals surface area contributed by atoms with Crippen molar-refractivity contribution in [1.29, 1.82) is 0 Å². The molecule has 0 aromatic heterocycles. The lowest BCUT2D eigenvalue weighted by atomic mass is 10.2. The zero-order chi connectivity index (χ0) is 15.8. The van der Waals surface area contributed by atoms with Crippen LogP contribution in [0, 0.1) is 5.82 Å². The first-order valence-corrected chi connectivity index (χ1v) is 6.74. The smallest absolute Gasteiger partial charge is 0.319 e. The van der Waals surface area contributed by atoms with Gasteiger partial charge in [0.1, 0.15) is 5.82 Å². The van der Waals surface area contributed by atoms with Crippen molar-refractivity contribution >= 4 is 11.9 Å². The second-order valence-electron chi connectivity index (χ2n) is 4.98. The van der Waals surface area contributed by atoms with Gasteiger partial charge in [0.15, 0.2) is 0 Å². The number of nitrogens with one attached hydrogen (secondary N) is 1. The molecule has 0 fully saturated rings. The van der Waals surface area contributed by atoms with Crippen LogP contribution in [0.15, 0.2) is 24.3 Å². The van der Waals surface area contributed by atoms with Crippen LogP contribution in [0.3, 0.4) is 0 Å². The van der Waals surface area contributed by atoms with E-state index in [-0.39, 0.29) is 36.8 Å². The number of halogens is 1. The molecule has 116 valence electrons. The highest BCUT2D eigenvalue weighted by Gasteiger charge is 2.17. The number of methoxy groups -OCH3 is 1. The average Bonchev–Trinajstić information content (AvgIpc) is 2.45. The molecule has 1 aromatic rings. The Morgan fingerprint density at radius 2 is 1.86 bits per heavy atom. The summed E-state index contributed by atoms with van der Waals surface area (Å²) >= 11 is 0. The Morgan fingerprint density at radius 1 is 1.24 bits per heavy atom. The van der Waals surface area contributed by atoms with Crippen LogP contribution in [-0.4, -0.2) is 43.0 Å². The predicted octanol–water partition coefficient (Wildman–Crippen LogP) is 1.33. The normalized spacial score (nSPS) is 10.8. The zero-order valence-corrected chi connectivity index (χ0v) is 12.6. The Kier molecular flexibility index (Phi) is 6.81. The minimum absolute atomic E-state index is 0.0423. The van der Waals surface area contributed by atoms with Crippen LogP contribution >= 0.6 is 0 Å². The second-order valence-corrected chi connectivity index (χ2v) is 4.98. The van der Waals surface area contributed by atoms with E-state index < -0.39 is 0 Å². The lowest BCUT2D eigenvalue weighted by Crippen LogP contribution is -2.43. The van der Waals surface area contributed by atoms with Gasteiger partial charge in [-0.2, -0.15) is 0 Å². The molecule has 0 unspecified atom stereocenters. The molecule has 1 amide bonds. The third kappa shape index (κ3) is 6.35. The quantitative estimate of drug-likeness (QED) is 0.771. The molecule has 1 aromatic carbocycles. The molecule has 0 saturated heterocycles. The van der Waals surface area contributed by atoms with Crippen LogP contribution in [0.25, 0.3) is 0 Å². The predicted molar refractivity (Wildman–Crippen MR) is 77.0 cm³/mol. The lowest BCUT2D eigenvalue weighted by Gasteiger charge is -2.24. The van der Waals surface area contributed by atoms with Crippen LogP contribution in [0.4, 0.5) is 4.39 Å². The van der Waals surface area contributed by atoms with Crippen molar-refractivity contribution in [3.05, 3.63) is 35.6 Å². The second kappa shape index (κ2) is 8.36. The summed E-state index contributed by atoms with van der Waals surface area (Å²) < 4.78 is 17.4. The summed E-state index contributed by atoms with van der Waals surface area (Å²) in [5.41, 5.74) is 0.814. The van der Waals surface area contributed by atoms with Crippen molar-refractivity contribution in [2.24, 2.45) is 0 Å². The van der Waals surface area contributed by atoms with Gasteiger partial charge in [-0.05, 0) is 31.5 Å². The highest BCUT2D eigenvalue weighted by molar-refractivity contribution is 5.79. The van der Waals surface area contributed by atoms with Gasteiger partial charge in [-0.25, -0.2) is 4.39 Å². The summed E-state index contributed by atoms with van der Waals surface area (Å²) in [4.78, 5) is 24.9. The average molecular weight is 296 g/mol. The first kappa shape index (κ1) is 17.1. The molecule has 0 atom stereocenters. The fourth-order valence-electron chi connectivity index (χ4n) is 1.69. The van der Waals surface area contributed by atoms with E-state index in [2.05, 4.69) is 10.1 Å². The molecule has 0 bridgehead atoms. The molecule has 5 nitrogen and oxygen atoms in total. The van der Waals surface area contributed by atoms with Crippen molar-refractivity contribution in [2.75, 3.05) is 20.2 Å². The first-order valence-electron chi connectivity index (χ1n) is 6.74. The molecule has 0 radical (unpaired) electrons. The molecule has 0 aliphatic rings. The van der Waals surface area contributed by atoms with E-state index in [0.29, 0.717) is 6.54 Å². The monoisotopic (exact) mass is 296 g/mol. The Morgan fingerprint density at radius 3 is 2.38 bits per heavy atom. The van der Waals surface area contributed by atoms with Gasteiger partial charge in [0, 0.05) is 12.6 Å². The van der Waals surface area contributed by atoms with Crippen LogP contribution in [-0.2, 0) is 20.9 Å². The maximum Gasteiger partial charge on any atom is 0.319 e. The number of esters is 1. The minimum Gasteiger partial charge on any atom is -0.468 e. The Balaban J connectivity index is 2.46. The standard InChI is InChI=1S/C15H21FN2O3/c1-11(2)18(10-15(20)21-3)9-14(19)17-8-12-4-6-13(16)7-5-12/h4-7,11H,8-10H2,1-3H3,(H,17,19). The SMILES string of the molecule is COC(=O)CN(CC(=O)NCc1ccc(F)cc1)C(C)C. The van der Waals surface area contributed by atoms with Crippen LogP contribution in [0.5, 0.6) is 0 Å². The van der Waals surface area contributed by atoms with Gasteiger partial charge in [-0.1, -0.05) is 12.1 Å². The van der Waals surface area contributed by atoms with Gasteiger partial charge in [-0.3, -0.25) is 14.5 Å². The van der Waals surface area contributed by atoms with Gasteiger partial charge < -0.3 is 10.1 Å². The number of carbonyl (C=O) groups is 2. The minimum atomic E-state index is -0.380. The number of carbonyl (C=O) groups excluding carboxylic acids is 2. The summed E-state index contributed by atoms with van der Waals surface area (Å²) in [6, 6.07) is 5.97. The molecular formula is C15H21FN2O3. The van der Waals surface area contributed by atoms with E-state index in [1.807, 2.05) is 13.8 Å². The molecule has 6 heteroatoms. The largest absolute Gasteiger partial charge is 0.468 e. The van der Waals surface area contributed by atoms with E-state index in [1.54, 1.807) is 17.0 Å². The van der Waals surface area contributed by atoms with Gasteiger partial charge in [0.05, 0.1) is 20.2 Å². The first-order chi connectivity index (χ1) is 9.92. The maximum atomic E-state index is 12.8. The summed E-state index contributed by atoms with van der Waals surface area (Å²) in [6.45, 7) is 4.29. The molecule has 0 spiro atoms. The number of hydrogen-bond donors (Lipinski definition) is 1. The maximum absolute atomic E-state index is 12.8. The van der Waals surface area contributed by atoms with Gasteiger partial charge >= 0.3 is 5.97 Å². The molecular weight excluding hydrogens is 275 g/mol. The summed E-state index contributed by atoms with van der Waals surface area (Å²) in [6.07, 6.45) is 0. The van der Waals surface area contributed by atoms with Gasteiger partial charge in [0.2, 0.25) is 5.91 Å². The van der Waals surface area contributed by atoms with E-state index >= 15 is 0 Å². The number of benzene rings is 1. The summed E-state index contributed by atoms with van der Waals surface area (Å²) in [5, 5.41) is 2.74. The Labute approximate surface area is 124 Å². The number of rotatable bonds is 7.